The summed E-state index contributed by atoms with van der Waals surface area (Å²) in [5, 5.41) is 6.27. The molecule has 1 amide bonds. The van der Waals surface area contributed by atoms with Crippen LogP contribution in [0, 0.1) is 2.88 Å². The van der Waals surface area contributed by atoms with Crippen molar-refractivity contribution < 1.29 is 22.4 Å². The number of anilines is 1. The Morgan fingerprint density at radius 2 is 2.14 bits per heavy atom. The van der Waals surface area contributed by atoms with Crippen molar-refractivity contribution in [3.8, 4) is 0 Å². The van der Waals surface area contributed by atoms with Gasteiger partial charge in [-0.2, -0.15) is 13.2 Å². The van der Waals surface area contributed by atoms with E-state index in [1.54, 1.807) is 30.1 Å². The van der Waals surface area contributed by atoms with Gasteiger partial charge in [0.1, 0.15) is 6.17 Å². The van der Waals surface area contributed by atoms with E-state index in [1.807, 2.05) is 22.6 Å². The Kier molecular flexibility index (Phi) is 6.70. The number of piperidine rings is 1. The van der Waals surface area contributed by atoms with Crippen molar-refractivity contribution in [3.63, 3.8) is 0 Å². The Hall–Kier alpha value is -1.14. The molecule has 0 radical (unpaired) electrons. The Morgan fingerprint density at radius 3 is 2.79 bits per heavy atom. The number of amides is 1. The summed E-state index contributed by atoms with van der Waals surface area (Å²) in [4.78, 5) is 13.2. The molecule has 28 heavy (non-hydrogen) atoms. The number of benzene rings is 1. The second-order valence-corrected chi connectivity index (χ2v) is 9.62. The minimum absolute atomic E-state index is 0.141. The zero-order valence-electron chi connectivity index (χ0n) is 15.1. The average molecular weight is 529 g/mol. The van der Waals surface area contributed by atoms with Crippen molar-refractivity contribution in [1.82, 2.24) is 10.2 Å². The van der Waals surface area contributed by atoms with Gasteiger partial charge in [-0.3, -0.25) is 9.69 Å². The van der Waals surface area contributed by atoms with Crippen LogP contribution in [0.1, 0.15) is 12.0 Å². The molecule has 1 aliphatic heterocycles. The highest BCUT2D eigenvalue weighted by molar-refractivity contribution is 14.1. The van der Waals surface area contributed by atoms with E-state index < -0.39 is 24.8 Å². The molecule has 4 nitrogen and oxygen atoms in total. The summed E-state index contributed by atoms with van der Waals surface area (Å²) >= 11 is 3.22. The fourth-order valence-electron chi connectivity index (χ4n) is 3.38. The number of carbonyl (C=O) groups is 1. The number of carbonyl (C=O) groups excluding carboxylic acids is 1. The van der Waals surface area contributed by atoms with Gasteiger partial charge in [0.15, 0.2) is 0 Å². The van der Waals surface area contributed by atoms with Gasteiger partial charge in [-0.05, 0) is 46.0 Å². The summed E-state index contributed by atoms with van der Waals surface area (Å²) in [6.45, 7) is 0.869. The number of nitrogens with one attached hydrogen (secondary N) is 2. The molecule has 3 rings (SSSR count). The van der Waals surface area contributed by atoms with Gasteiger partial charge in [0.2, 0.25) is 5.91 Å². The van der Waals surface area contributed by atoms with Crippen molar-refractivity contribution in [1.29, 1.82) is 0 Å². The molecule has 0 bridgehead atoms. The Labute approximate surface area is 177 Å². The monoisotopic (exact) mass is 529 g/mol. The second kappa shape index (κ2) is 8.70. The number of halogens is 5. The summed E-state index contributed by atoms with van der Waals surface area (Å²) in [6.07, 6.45) is -5.92. The third-order valence-corrected chi connectivity index (χ3v) is 7.14. The fourth-order valence-corrected chi connectivity index (χ4v) is 5.54. The molecule has 0 saturated carbocycles. The second-order valence-electron chi connectivity index (χ2n) is 6.79. The zero-order valence-corrected chi connectivity index (χ0v) is 18.0. The summed E-state index contributed by atoms with van der Waals surface area (Å²) in [7, 11) is 1.54. The summed E-state index contributed by atoms with van der Waals surface area (Å²) < 4.78 is 54.7. The minimum atomic E-state index is -4.28. The predicted octanol–water partition coefficient (Wildman–Crippen LogP) is 4.18. The van der Waals surface area contributed by atoms with Gasteiger partial charge in [-0.1, -0.05) is 12.1 Å². The topological polar surface area (TPSA) is 44.4 Å². The molecule has 0 spiro atoms. The lowest BCUT2D eigenvalue weighted by molar-refractivity contribution is -0.127. The maximum atomic E-state index is 14.7. The van der Waals surface area contributed by atoms with E-state index in [2.05, 4.69) is 10.6 Å². The molecule has 2 N–H and O–H groups in total. The third kappa shape index (κ3) is 5.07. The lowest BCUT2D eigenvalue weighted by Gasteiger charge is -2.35. The molecular formula is C18H20F4IN3OS. The third-order valence-electron chi connectivity index (χ3n) is 4.76. The first-order valence-corrected chi connectivity index (χ1v) is 10.7. The number of thiophene rings is 1. The molecule has 2 aromatic rings. The quantitative estimate of drug-likeness (QED) is 0.452. The molecule has 1 fully saturated rings. The van der Waals surface area contributed by atoms with Crippen molar-refractivity contribution in [2.24, 2.45) is 0 Å². The van der Waals surface area contributed by atoms with Crippen LogP contribution < -0.4 is 10.6 Å². The number of likely N-dealkylation sites (tertiary alicyclic amines) is 1. The minimum Gasteiger partial charge on any atom is -0.378 e. The lowest BCUT2D eigenvalue weighted by atomic mass is 10.0. The Balaban J connectivity index is 1.76. The molecule has 1 aromatic heterocycles. The number of nitrogens with zero attached hydrogens (tertiary/aromatic N) is 1. The van der Waals surface area contributed by atoms with Crippen LogP contribution in [0.3, 0.4) is 0 Å². The van der Waals surface area contributed by atoms with Crippen LogP contribution in [0.15, 0.2) is 18.2 Å². The number of hydrogen-bond donors (Lipinski definition) is 2. The first-order valence-electron chi connectivity index (χ1n) is 8.78. The molecule has 1 aromatic carbocycles. The standard InChI is InChI=1S/C18H20F4IN3OS/c1-24-15(27)9-26-6-5-13(12(19)8-26)25-14-4-2-3-10-11(7-18(20,21)22)17(23)28-16(10)14/h2-4,12-13,25H,5-9H2,1H3,(H,24,27)/t12-,13+/m0/s1. The van der Waals surface area contributed by atoms with Gasteiger partial charge in [-0.15, -0.1) is 11.3 Å². The number of fused-ring (bicyclic) bond motifs is 1. The van der Waals surface area contributed by atoms with Crippen LogP contribution in [0.4, 0.5) is 23.2 Å². The van der Waals surface area contributed by atoms with Crippen molar-refractivity contribution in [3.05, 3.63) is 26.6 Å². The van der Waals surface area contributed by atoms with E-state index in [9.17, 15) is 22.4 Å². The molecular weight excluding hydrogens is 509 g/mol. The highest BCUT2D eigenvalue weighted by Gasteiger charge is 2.32. The van der Waals surface area contributed by atoms with Gasteiger partial charge in [0.25, 0.3) is 0 Å². The first-order chi connectivity index (χ1) is 13.2. The van der Waals surface area contributed by atoms with Crippen LogP contribution in [0.5, 0.6) is 0 Å². The van der Waals surface area contributed by atoms with Gasteiger partial charge in [-0.25, -0.2) is 4.39 Å². The normalized spacial score (nSPS) is 21.1. The maximum Gasteiger partial charge on any atom is 0.393 e. The summed E-state index contributed by atoms with van der Waals surface area (Å²) in [6, 6.07) is 4.70. The summed E-state index contributed by atoms with van der Waals surface area (Å²) in [5.74, 6) is -0.159. The molecule has 2 atom stereocenters. The van der Waals surface area contributed by atoms with Crippen LogP contribution in [0.2, 0.25) is 0 Å². The number of hydrogen-bond acceptors (Lipinski definition) is 4. The van der Waals surface area contributed by atoms with E-state index in [-0.39, 0.29) is 24.6 Å². The molecule has 10 heteroatoms. The van der Waals surface area contributed by atoms with Gasteiger partial charge >= 0.3 is 6.18 Å². The van der Waals surface area contributed by atoms with Crippen molar-refractivity contribution in [2.45, 2.75) is 31.2 Å². The Bertz CT molecular complexity index is 857. The average Bonchev–Trinajstić information content (AvgIpc) is 2.92. The van der Waals surface area contributed by atoms with Crippen LogP contribution >= 0.6 is 33.9 Å². The molecule has 1 saturated heterocycles. The first kappa shape index (κ1) is 21.6. The van der Waals surface area contributed by atoms with E-state index in [0.717, 1.165) is 0 Å². The molecule has 154 valence electrons. The van der Waals surface area contributed by atoms with Crippen molar-refractivity contribution in [2.75, 3.05) is 32.0 Å². The van der Waals surface area contributed by atoms with E-state index in [1.165, 1.54) is 11.3 Å². The van der Waals surface area contributed by atoms with Crippen LogP contribution in [0.25, 0.3) is 10.1 Å². The number of likely N-dealkylation sites (N-methyl/N-ethyl adjacent to an activating group) is 1. The molecule has 0 aliphatic carbocycles. The lowest BCUT2D eigenvalue weighted by Crippen LogP contribution is -2.50. The van der Waals surface area contributed by atoms with Gasteiger partial charge in [0.05, 0.1) is 32.3 Å². The highest BCUT2D eigenvalue weighted by atomic mass is 127. The zero-order chi connectivity index (χ0) is 20.5. The smallest absolute Gasteiger partial charge is 0.378 e. The fraction of sp³-hybridized carbons (Fsp3) is 0.500. The van der Waals surface area contributed by atoms with Crippen LogP contribution in [-0.4, -0.2) is 55.9 Å². The predicted molar refractivity (Wildman–Crippen MR) is 112 cm³/mol. The molecule has 1 aliphatic rings. The van der Waals surface area contributed by atoms with Gasteiger partial charge < -0.3 is 10.6 Å². The molecule has 2 heterocycles. The Morgan fingerprint density at radius 1 is 1.39 bits per heavy atom. The van der Waals surface area contributed by atoms with E-state index in [0.29, 0.717) is 31.6 Å². The molecule has 0 unspecified atom stereocenters. The SMILES string of the molecule is CNC(=O)CN1CC[C@@H](Nc2cccc3c(CC(F)(F)F)c(I)sc23)[C@@H](F)C1. The summed E-state index contributed by atoms with van der Waals surface area (Å²) in [5.41, 5.74) is 0.926. The largest absolute Gasteiger partial charge is 0.393 e. The van der Waals surface area contributed by atoms with E-state index >= 15 is 0 Å². The van der Waals surface area contributed by atoms with Crippen LogP contribution in [-0.2, 0) is 11.2 Å². The maximum absolute atomic E-state index is 14.7. The van der Waals surface area contributed by atoms with Crippen molar-refractivity contribution >= 4 is 55.6 Å². The highest BCUT2D eigenvalue weighted by Crippen LogP contribution is 2.40. The van der Waals surface area contributed by atoms with Gasteiger partial charge in [0, 0.05) is 20.1 Å². The number of rotatable bonds is 5. The number of alkyl halides is 4. The van der Waals surface area contributed by atoms with E-state index in [4.69, 9.17) is 0 Å².